The van der Waals surface area contributed by atoms with E-state index in [1.807, 2.05) is 56.3 Å². The van der Waals surface area contributed by atoms with E-state index >= 15 is 0 Å². The van der Waals surface area contributed by atoms with Crippen molar-refractivity contribution in [1.29, 1.82) is 0 Å². The van der Waals surface area contributed by atoms with E-state index in [2.05, 4.69) is 5.32 Å². The van der Waals surface area contributed by atoms with Crippen molar-refractivity contribution in [2.75, 3.05) is 23.4 Å². The first-order valence-electron chi connectivity index (χ1n) is 14.1. The summed E-state index contributed by atoms with van der Waals surface area (Å²) in [7, 11) is 0. The van der Waals surface area contributed by atoms with Crippen LogP contribution in [0.3, 0.4) is 0 Å². The van der Waals surface area contributed by atoms with Crippen molar-refractivity contribution in [3.05, 3.63) is 125 Å². The average Bonchev–Trinajstić information content (AvgIpc) is 3.01. The molecule has 4 aromatic carbocycles. The fraction of sp³-hybridized carbons (Fsp3) is 0.229. The van der Waals surface area contributed by atoms with Gasteiger partial charge in [-0.1, -0.05) is 79.2 Å². The summed E-state index contributed by atoms with van der Waals surface area (Å²) in [6.07, 6.45) is 1.44. The topological polar surface area (TPSA) is 95.9 Å². The Morgan fingerprint density at radius 1 is 0.857 bits per heavy atom. The Kier molecular flexibility index (Phi) is 10.5. The largest absolute Gasteiger partial charge is 0.492 e. The zero-order chi connectivity index (χ0) is 29.9. The Labute approximate surface area is 246 Å². The highest BCUT2D eigenvalue weighted by molar-refractivity contribution is 6.12. The summed E-state index contributed by atoms with van der Waals surface area (Å²) in [5.74, 6) is -0.518. The van der Waals surface area contributed by atoms with Gasteiger partial charge in [0.2, 0.25) is 5.91 Å². The minimum absolute atomic E-state index is 0.0551. The first kappa shape index (κ1) is 30.1. The van der Waals surface area contributed by atoms with Crippen LogP contribution in [-0.4, -0.2) is 42.0 Å². The van der Waals surface area contributed by atoms with E-state index in [9.17, 15) is 19.5 Å². The summed E-state index contributed by atoms with van der Waals surface area (Å²) in [5, 5.41) is 13.0. The molecule has 7 heteroatoms. The molecule has 0 saturated carbocycles. The quantitative estimate of drug-likeness (QED) is 0.169. The van der Waals surface area contributed by atoms with Crippen LogP contribution in [0, 0.1) is 6.92 Å². The lowest BCUT2D eigenvalue weighted by molar-refractivity contribution is -0.137. The number of para-hydroxylation sites is 1. The number of ketones is 1. The van der Waals surface area contributed by atoms with E-state index in [0.29, 0.717) is 42.1 Å². The average molecular weight is 565 g/mol. The number of rotatable bonds is 14. The molecule has 1 atom stereocenters. The Morgan fingerprint density at radius 3 is 2.19 bits per heavy atom. The zero-order valence-electron chi connectivity index (χ0n) is 24.0. The van der Waals surface area contributed by atoms with Gasteiger partial charge in [-0.05, 0) is 55.3 Å². The third kappa shape index (κ3) is 8.07. The Balaban J connectivity index is 1.38. The summed E-state index contributed by atoms with van der Waals surface area (Å²) >= 11 is 0. The fourth-order valence-corrected chi connectivity index (χ4v) is 4.62. The van der Waals surface area contributed by atoms with E-state index in [1.54, 1.807) is 65.6 Å². The molecule has 0 aliphatic rings. The number of hydrogen-bond acceptors (Lipinski definition) is 5. The predicted molar refractivity (Wildman–Crippen MR) is 165 cm³/mol. The van der Waals surface area contributed by atoms with Crippen molar-refractivity contribution >= 4 is 29.0 Å². The van der Waals surface area contributed by atoms with Gasteiger partial charge in [0.25, 0.3) is 0 Å². The molecule has 4 aromatic rings. The number of nitrogens with one attached hydrogen (secondary N) is 1. The van der Waals surface area contributed by atoms with Crippen LogP contribution < -0.4 is 15.0 Å². The van der Waals surface area contributed by atoms with Crippen molar-refractivity contribution in [3.63, 3.8) is 0 Å². The lowest BCUT2D eigenvalue weighted by Gasteiger charge is -2.23. The Hall–Kier alpha value is -4.91. The first-order chi connectivity index (χ1) is 20.4. The van der Waals surface area contributed by atoms with Gasteiger partial charge in [0.15, 0.2) is 5.78 Å². The highest BCUT2D eigenvalue weighted by Gasteiger charge is 2.21. The molecule has 42 heavy (non-hydrogen) atoms. The summed E-state index contributed by atoms with van der Waals surface area (Å²) in [4.78, 5) is 39.7. The molecule has 0 spiro atoms. The number of amides is 1. The van der Waals surface area contributed by atoms with Crippen molar-refractivity contribution in [2.24, 2.45) is 0 Å². The van der Waals surface area contributed by atoms with Crippen LogP contribution in [0.1, 0.15) is 46.8 Å². The van der Waals surface area contributed by atoms with Gasteiger partial charge in [0, 0.05) is 35.3 Å². The predicted octanol–water partition coefficient (Wildman–Crippen LogP) is 6.55. The van der Waals surface area contributed by atoms with Gasteiger partial charge >= 0.3 is 5.97 Å². The highest BCUT2D eigenvalue weighted by Crippen LogP contribution is 2.22. The molecule has 0 unspecified atom stereocenters. The second-order valence-corrected chi connectivity index (χ2v) is 10.1. The van der Waals surface area contributed by atoms with Gasteiger partial charge in [0.05, 0.1) is 6.54 Å². The number of carboxylic acids is 1. The molecule has 4 rings (SSSR count). The summed E-state index contributed by atoms with van der Waals surface area (Å²) < 4.78 is 5.93. The molecule has 0 aliphatic carbocycles. The van der Waals surface area contributed by atoms with Crippen LogP contribution in [0.25, 0.3) is 0 Å². The van der Waals surface area contributed by atoms with E-state index in [4.69, 9.17) is 4.74 Å². The molecule has 2 N–H and O–H groups in total. The van der Waals surface area contributed by atoms with Crippen LogP contribution in [0.4, 0.5) is 11.4 Å². The second-order valence-electron chi connectivity index (χ2n) is 10.1. The van der Waals surface area contributed by atoms with Crippen molar-refractivity contribution < 1.29 is 24.2 Å². The zero-order valence-corrected chi connectivity index (χ0v) is 24.0. The van der Waals surface area contributed by atoms with Crippen LogP contribution in [0.15, 0.2) is 103 Å². The van der Waals surface area contributed by atoms with Crippen LogP contribution in [0.5, 0.6) is 5.75 Å². The Bertz CT molecular complexity index is 1480. The SMILES string of the molecule is CCCC(=O)N(CCOc1ccc(C[C@H](Nc2ccccc2C(=O)c2ccccc2)C(=O)O)cc1)c1ccc(C)cc1. The first-order valence-corrected chi connectivity index (χ1v) is 14.1. The number of ether oxygens (including phenoxy) is 1. The second kappa shape index (κ2) is 14.6. The van der Waals surface area contributed by atoms with Crippen molar-refractivity contribution in [3.8, 4) is 5.75 Å². The molecule has 7 nitrogen and oxygen atoms in total. The summed E-state index contributed by atoms with van der Waals surface area (Å²) in [5.41, 5.74) is 4.19. The molecule has 0 heterocycles. The number of nitrogens with zero attached hydrogens (tertiary/aromatic N) is 1. The molecule has 0 radical (unpaired) electrons. The number of carboxylic acid groups (broad SMARTS) is 1. The summed E-state index contributed by atoms with van der Waals surface area (Å²) in [6, 6.07) is 30.0. The standard InChI is InChI=1S/C35H36N2O5/c1-3-9-33(38)37(28-18-14-25(2)15-19-28)22-23-42-29-20-16-26(17-21-29)24-32(35(40)41)36-31-13-8-7-12-30(31)34(39)27-10-5-4-6-11-27/h4-8,10-21,32,36H,3,9,22-24H2,1-2H3,(H,40,41)/t32-/m0/s1. The van der Waals surface area contributed by atoms with Crippen LogP contribution in [0.2, 0.25) is 0 Å². The van der Waals surface area contributed by atoms with Crippen molar-refractivity contribution in [1.82, 2.24) is 0 Å². The molecule has 0 aromatic heterocycles. The minimum Gasteiger partial charge on any atom is -0.492 e. The summed E-state index contributed by atoms with van der Waals surface area (Å²) in [6.45, 7) is 4.72. The number of hydrogen-bond donors (Lipinski definition) is 2. The third-order valence-corrected chi connectivity index (χ3v) is 6.89. The maximum atomic E-state index is 13.1. The Morgan fingerprint density at radius 2 is 1.52 bits per heavy atom. The van der Waals surface area contributed by atoms with E-state index in [-0.39, 0.29) is 18.1 Å². The number of benzene rings is 4. The smallest absolute Gasteiger partial charge is 0.326 e. The molecule has 1 amide bonds. The van der Waals surface area contributed by atoms with E-state index in [0.717, 1.165) is 23.2 Å². The fourth-order valence-electron chi connectivity index (χ4n) is 4.62. The number of aryl methyl sites for hydroxylation is 1. The molecule has 0 bridgehead atoms. The minimum atomic E-state index is -1.02. The van der Waals surface area contributed by atoms with Gasteiger partial charge in [-0.3, -0.25) is 9.59 Å². The van der Waals surface area contributed by atoms with E-state index in [1.165, 1.54) is 0 Å². The van der Waals surface area contributed by atoms with Gasteiger partial charge < -0.3 is 20.1 Å². The molecule has 0 fully saturated rings. The lowest BCUT2D eigenvalue weighted by Crippen LogP contribution is -2.34. The number of aliphatic carboxylic acids is 1. The van der Waals surface area contributed by atoms with Crippen molar-refractivity contribution in [2.45, 2.75) is 39.2 Å². The third-order valence-electron chi connectivity index (χ3n) is 6.89. The monoisotopic (exact) mass is 564 g/mol. The number of anilines is 2. The van der Waals surface area contributed by atoms with Gasteiger partial charge in [-0.25, -0.2) is 4.79 Å². The normalized spacial score (nSPS) is 11.4. The maximum Gasteiger partial charge on any atom is 0.326 e. The molecule has 0 aliphatic heterocycles. The number of carbonyl (C=O) groups is 3. The molecular formula is C35H36N2O5. The van der Waals surface area contributed by atoms with Crippen LogP contribution in [-0.2, 0) is 16.0 Å². The lowest BCUT2D eigenvalue weighted by atomic mass is 10.00. The van der Waals surface area contributed by atoms with E-state index < -0.39 is 12.0 Å². The molecule has 0 saturated heterocycles. The molecular weight excluding hydrogens is 528 g/mol. The van der Waals surface area contributed by atoms with Crippen LogP contribution >= 0.6 is 0 Å². The maximum absolute atomic E-state index is 13.1. The number of carbonyl (C=O) groups excluding carboxylic acids is 2. The highest BCUT2D eigenvalue weighted by atomic mass is 16.5. The van der Waals surface area contributed by atoms with Gasteiger partial charge in [0.1, 0.15) is 18.4 Å². The molecule has 216 valence electrons. The van der Waals surface area contributed by atoms with Gasteiger partial charge in [-0.15, -0.1) is 0 Å². The van der Waals surface area contributed by atoms with Gasteiger partial charge in [-0.2, -0.15) is 0 Å².